The Morgan fingerprint density at radius 2 is 1.72 bits per heavy atom. The number of rotatable bonds is 3. The second-order valence-corrected chi connectivity index (χ2v) is 5.43. The van der Waals surface area contributed by atoms with Crippen molar-refractivity contribution in [2.45, 2.75) is 26.3 Å². The van der Waals surface area contributed by atoms with Crippen LogP contribution in [0.3, 0.4) is 0 Å². The number of benzene rings is 1. The van der Waals surface area contributed by atoms with Crippen molar-refractivity contribution in [1.29, 1.82) is 0 Å². The lowest BCUT2D eigenvalue weighted by molar-refractivity contribution is 0.719. The van der Waals surface area contributed by atoms with Gasteiger partial charge in [-0.05, 0) is 54.7 Å². The molecule has 1 heterocycles. The molecule has 3 heteroatoms. The van der Waals surface area contributed by atoms with Gasteiger partial charge in [-0.25, -0.2) is 0 Å². The Labute approximate surface area is 116 Å². The molecule has 1 atom stereocenters. The highest BCUT2D eigenvalue weighted by atomic mass is 79.9. The van der Waals surface area contributed by atoms with E-state index in [2.05, 4.69) is 46.9 Å². The Bertz CT molecular complexity index is 514. The summed E-state index contributed by atoms with van der Waals surface area (Å²) in [6.45, 7) is 4.19. The van der Waals surface area contributed by atoms with Crippen LogP contribution in [-0.2, 0) is 6.42 Å². The first-order valence-corrected chi connectivity index (χ1v) is 6.78. The molecule has 2 rings (SSSR count). The number of aryl methyl sites for hydroxylation is 2. The normalized spacial score (nSPS) is 12.4. The van der Waals surface area contributed by atoms with Crippen molar-refractivity contribution in [3.8, 4) is 0 Å². The minimum absolute atomic E-state index is 0.0258. The number of nitrogens with zero attached hydrogens (tertiary/aromatic N) is 1. The largest absolute Gasteiger partial charge is 0.324 e. The van der Waals surface area contributed by atoms with Crippen molar-refractivity contribution in [2.75, 3.05) is 0 Å². The molecule has 0 aliphatic rings. The summed E-state index contributed by atoms with van der Waals surface area (Å²) >= 11 is 3.58. The summed E-state index contributed by atoms with van der Waals surface area (Å²) in [5.41, 5.74) is 11.1. The fourth-order valence-electron chi connectivity index (χ4n) is 2.08. The van der Waals surface area contributed by atoms with Gasteiger partial charge in [0.25, 0.3) is 0 Å². The van der Waals surface area contributed by atoms with Gasteiger partial charge in [0, 0.05) is 22.9 Å². The van der Waals surface area contributed by atoms with Crippen molar-refractivity contribution >= 4 is 15.9 Å². The maximum atomic E-state index is 6.28. The van der Waals surface area contributed by atoms with E-state index in [-0.39, 0.29) is 6.04 Å². The Kier molecular flexibility index (Phi) is 4.15. The van der Waals surface area contributed by atoms with Gasteiger partial charge in [0.1, 0.15) is 0 Å². The lowest BCUT2D eigenvalue weighted by atomic mass is 9.97. The summed E-state index contributed by atoms with van der Waals surface area (Å²) in [4.78, 5) is 4.02. The third kappa shape index (κ3) is 2.98. The molecule has 0 aliphatic heterocycles. The molecule has 18 heavy (non-hydrogen) atoms. The fraction of sp³-hybridized carbons (Fsp3) is 0.267. The zero-order valence-electron chi connectivity index (χ0n) is 10.7. The Morgan fingerprint density at radius 3 is 2.28 bits per heavy atom. The van der Waals surface area contributed by atoms with E-state index >= 15 is 0 Å². The molecule has 0 spiro atoms. The molecule has 0 amide bonds. The van der Waals surface area contributed by atoms with Crippen LogP contribution in [-0.4, -0.2) is 4.98 Å². The monoisotopic (exact) mass is 304 g/mol. The molecule has 0 aliphatic carbocycles. The smallest absolute Gasteiger partial charge is 0.0335 e. The van der Waals surface area contributed by atoms with Gasteiger partial charge in [-0.1, -0.05) is 28.1 Å². The SMILES string of the molecule is Cc1cc(C(N)Cc2ccncc2)cc(C)c1Br. The number of aromatic nitrogens is 1. The highest BCUT2D eigenvalue weighted by Crippen LogP contribution is 2.26. The van der Waals surface area contributed by atoms with Gasteiger partial charge < -0.3 is 5.73 Å². The molecule has 1 unspecified atom stereocenters. The molecule has 0 saturated carbocycles. The third-order valence-electron chi connectivity index (χ3n) is 3.09. The highest BCUT2D eigenvalue weighted by molar-refractivity contribution is 9.10. The van der Waals surface area contributed by atoms with E-state index in [1.165, 1.54) is 26.7 Å². The second-order valence-electron chi connectivity index (χ2n) is 4.63. The van der Waals surface area contributed by atoms with Crippen LogP contribution in [0.4, 0.5) is 0 Å². The lowest BCUT2D eigenvalue weighted by Crippen LogP contribution is -2.14. The van der Waals surface area contributed by atoms with E-state index in [0.717, 1.165) is 6.42 Å². The first-order valence-electron chi connectivity index (χ1n) is 5.99. The Balaban J connectivity index is 2.22. The standard InChI is InChI=1S/C15H17BrN2/c1-10-7-13(8-11(2)15(10)16)14(17)9-12-3-5-18-6-4-12/h3-8,14H,9,17H2,1-2H3. The molecule has 2 N–H and O–H groups in total. The van der Waals surface area contributed by atoms with E-state index in [9.17, 15) is 0 Å². The average Bonchev–Trinajstić information content (AvgIpc) is 2.36. The van der Waals surface area contributed by atoms with Crippen molar-refractivity contribution in [3.05, 3.63) is 63.4 Å². The number of nitrogens with two attached hydrogens (primary N) is 1. The summed E-state index contributed by atoms with van der Waals surface area (Å²) in [7, 11) is 0. The van der Waals surface area contributed by atoms with Crippen LogP contribution in [0.1, 0.15) is 28.3 Å². The number of halogens is 1. The Hall–Kier alpha value is -1.19. The first-order chi connectivity index (χ1) is 8.58. The number of hydrogen-bond acceptors (Lipinski definition) is 2. The summed E-state index contributed by atoms with van der Waals surface area (Å²) < 4.78 is 1.17. The van der Waals surface area contributed by atoms with Crippen LogP contribution in [0, 0.1) is 13.8 Å². The van der Waals surface area contributed by atoms with E-state index < -0.39 is 0 Å². The Morgan fingerprint density at radius 1 is 1.17 bits per heavy atom. The summed E-state index contributed by atoms with van der Waals surface area (Å²) in [5.74, 6) is 0. The lowest BCUT2D eigenvalue weighted by Gasteiger charge is -2.15. The zero-order chi connectivity index (χ0) is 13.1. The fourth-order valence-corrected chi connectivity index (χ4v) is 2.31. The van der Waals surface area contributed by atoms with Gasteiger partial charge in [-0.3, -0.25) is 4.98 Å². The topological polar surface area (TPSA) is 38.9 Å². The van der Waals surface area contributed by atoms with Gasteiger partial charge in [0.2, 0.25) is 0 Å². The van der Waals surface area contributed by atoms with Crippen LogP contribution in [0.5, 0.6) is 0 Å². The quantitative estimate of drug-likeness (QED) is 0.939. The molecule has 94 valence electrons. The van der Waals surface area contributed by atoms with E-state index in [0.29, 0.717) is 0 Å². The van der Waals surface area contributed by atoms with Gasteiger partial charge >= 0.3 is 0 Å². The van der Waals surface area contributed by atoms with Gasteiger partial charge in [0.05, 0.1) is 0 Å². The molecule has 2 nitrogen and oxygen atoms in total. The van der Waals surface area contributed by atoms with Crippen molar-refractivity contribution < 1.29 is 0 Å². The molecular formula is C15H17BrN2. The summed E-state index contributed by atoms with van der Waals surface area (Å²) in [6.07, 6.45) is 4.45. The van der Waals surface area contributed by atoms with Crippen molar-refractivity contribution in [1.82, 2.24) is 4.98 Å². The molecule has 1 aromatic heterocycles. The van der Waals surface area contributed by atoms with Gasteiger partial charge in [0.15, 0.2) is 0 Å². The predicted molar refractivity (Wildman–Crippen MR) is 78.5 cm³/mol. The molecule has 0 radical (unpaired) electrons. The highest BCUT2D eigenvalue weighted by Gasteiger charge is 2.10. The van der Waals surface area contributed by atoms with Crippen molar-refractivity contribution in [2.24, 2.45) is 5.73 Å². The minimum Gasteiger partial charge on any atom is -0.324 e. The summed E-state index contributed by atoms with van der Waals surface area (Å²) in [5, 5.41) is 0. The number of pyridine rings is 1. The minimum atomic E-state index is 0.0258. The molecule has 0 bridgehead atoms. The molecule has 0 fully saturated rings. The van der Waals surface area contributed by atoms with E-state index in [4.69, 9.17) is 5.73 Å². The molecule has 1 aromatic carbocycles. The average molecular weight is 305 g/mol. The van der Waals surface area contributed by atoms with Crippen LogP contribution in [0.25, 0.3) is 0 Å². The molecular weight excluding hydrogens is 288 g/mol. The maximum Gasteiger partial charge on any atom is 0.0335 e. The number of hydrogen-bond donors (Lipinski definition) is 1. The molecule has 0 saturated heterocycles. The van der Waals surface area contributed by atoms with Crippen LogP contribution < -0.4 is 5.73 Å². The summed E-state index contributed by atoms with van der Waals surface area (Å²) in [6, 6.07) is 8.36. The first kappa shape index (κ1) is 13.2. The van der Waals surface area contributed by atoms with Gasteiger partial charge in [-0.2, -0.15) is 0 Å². The van der Waals surface area contributed by atoms with Crippen LogP contribution >= 0.6 is 15.9 Å². The van der Waals surface area contributed by atoms with E-state index in [1.807, 2.05) is 12.1 Å². The third-order valence-corrected chi connectivity index (χ3v) is 4.34. The van der Waals surface area contributed by atoms with Crippen molar-refractivity contribution in [3.63, 3.8) is 0 Å². The van der Waals surface area contributed by atoms with Crippen LogP contribution in [0.2, 0.25) is 0 Å². The maximum absolute atomic E-state index is 6.28. The van der Waals surface area contributed by atoms with Gasteiger partial charge in [-0.15, -0.1) is 0 Å². The van der Waals surface area contributed by atoms with Crippen LogP contribution in [0.15, 0.2) is 41.1 Å². The van der Waals surface area contributed by atoms with E-state index in [1.54, 1.807) is 12.4 Å². The predicted octanol–water partition coefficient (Wildman–Crippen LogP) is 3.70. The molecule has 2 aromatic rings. The zero-order valence-corrected chi connectivity index (χ0v) is 12.2. The second kappa shape index (κ2) is 5.63.